The Hall–Kier alpha value is -3.15. The molecule has 6 aromatic carbocycles. The molecule has 0 aliphatic carbocycles. The van der Waals surface area contributed by atoms with Gasteiger partial charge in [-0.25, -0.2) is 0 Å². The van der Waals surface area contributed by atoms with Gasteiger partial charge in [0, 0.05) is 0 Å². The zero-order valence-electron chi connectivity index (χ0n) is 18.2. The van der Waals surface area contributed by atoms with Crippen LogP contribution < -0.4 is 31.5 Å². The molecule has 35 heavy (non-hydrogen) atoms. The molecule has 0 spiro atoms. The molecule has 0 amide bonds. The first-order valence-corrected chi connectivity index (χ1v) is 11.8. The molecule has 0 aliphatic rings. The van der Waals surface area contributed by atoms with Gasteiger partial charge in [0.25, 0.3) is 0 Å². The number of hydrogen-bond donors (Lipinski definition) is 2. The van der Waals surface area contributed by atoms with Crippen LogP contribution in [0.15, 0.2) is 97.1 Å². The summed E-state index contributed by atoms with van der Waals surface area (Å²) in [5, 5.41) is 28.6. The molecule has 4 nitrogen and oxygen atoms in total. The zero-order valence-corrected chi connectivity index (χ0v) is 21.3. The Morgan fingerprint density at radius 1 is 0.486 bits per heavy atom. The van der Waals surface area contributed by atoms with E-state index in [4.69, 9.17) is 6.64 Å². The van der Waals surface area contributed by atoms with E-state index in [2.05, 4.69) is 0 Å². The van der Waals surface area contributed by atoms with Gasteiger partial charge in [-0.1, -0.05) is 0 Å². The van der Waals surface area contributed by atoms with E-state index in [1.807, 2.05) is 97.1 Å². The molecule has 0 fully saturated rings. The number of hydrogen-bond acceptors (Lipinski definition) is 4. The van der Waals surface area contributed by atoms with E-state index in [-0.39, 0.29) is 36.3 Å². The molecule has 0 unspecified atom stereocenters. The molecule has 0 radical (unpaired) electrons. The first-order valence-electron chi connectivity index (χ1n) is 10.6. The van der Waals surface area contributed by atoms with E-state index in [0.717, 1.165) is 32.3 Å². The SMILES string of the molecule is Oc1c2ccccc2cc2cccc([O][Ti+2][O]c3cccc4cc5ccccc5c(O)c34)c12.[Cl-].[Cl-]. The van der Waals surface area contributed by atoms with Crippen molar-refractivity contribution in [3.05, 3.63) is 97.1 Å². The minimum atomic E-state index is -1.37. The molecule has 172 valence electrons. The smallest absolute Gasteiger partial charge is 1.00 e. The summed E-state index contributed by atoms with van der Waals surface area (Å²) in [5.41, 5.74) is 0. The molecule has 0 heterocycles. The zero-order chi connectivity index (χ0) is 22.4. The molecule has 0 bridgehead atoms. The Bertz CT molecular complexity index is 1560. The second kappa shape index (κ2) is 10.2. The van der Waals surface area contributed by atoms with Crippen molar-refractivity contribution >= 4 is 43.1 Å². The summed E-state index contributed by atoms with van der Waals surface area (Å²) in [6.07, 6.45) is 0. The Morgan fingerprint density at radius 2 is 0.886 bits per heavy atom. The van der Waals surface area contributed by atoms with E-state index >= 15 is 0 Å². The number of phenolic OH excluding ortho intramolecular Hbond substituents is 2. The molecular formula is C28H18Cl2O4Ti. The fourth-order valence-corrected chi connectivity index (χ4v) is 5.28. The number of fused-ring (bicyclic) bond motifs is 4. The number of benzene rings is 6. The molecule has 6 rings (SSSR count). The summed E-state index contributed by atoms with van der Waals surface area (Å²) in [6, 6.07) is 31.0. The van der Waals surface area contributed by atoms with Crippen molar-refractivity contribution in [2.75, 3.05) is 0 Å². The first kappa shape index (κ1) is 25.0. The second-order valence-corrected chi connectivity index (χ2v) is 8.79. The topological polar surface area (TPSA) is 58.9 Å². The van der Waals surface area contributed by atoms with Crippen LogP contribution >= 0.6 is 0 Å². The van der Waals surface area contributed by atoms with Crippen molar-refractivity contribution in [2.45, 2.75) is 0 Å². The fourth-order valence-electron chi connectivity index (χ4n) is 4.41. The van der Waals surface area contributed by atoms with Gasteiger partial charge in [0.05, 0.1) is 0 Å². The predicted molar refractivity (Wildman–Crippen MR) is 127 cm³/mol. The van der Waals surface area contributed by atoms with Crippen LogP contribution in [0.25, 0.3) is 43.1 Å². The quantitative estimate of drug-likeness (QED) is 0.261. The Kier molecular flexibility index (Phi) is 7.29. The van der Waals surface area contributed by atoms with Crippen molar-refractivity contribution in [3.8, 4) is 23.0 Å². The van der Waals surface area contributed by atoms with Crippen molar-refractivity contribution in [3.63, 3.8) is 0 Å². The maximum Gasteiger partial charge on any atom is -1.00 e. The van der Waals surface area contributed by atoms with Gasteiger partial charge < -0.3 is 24.8 Å². The van der Waals surface area contributed by atoms with Gasteiger partial charge >= 0.3 is 200 Å². The van der Waals surface area contributed by atoms with E-state index in [9.17, 15) is 10.2 Å². The number of rotatable bonds is 4. The molecule has 0 aromatic heterocycles. The summed E-state index contributed by atoms with van der Waals surface area (Å²) >= 11 is -1.37. The van der Waals surface area contributed by atoms with Gasteiger partial charge in [0.1, 0.15) is 0 Å². The Labute approximate surface area is 223 Å². The average Bonchev–Trinajstić information content (AvgIpc) is 2.84. The van der Waals surface area contributed by atoms with E-state index in [0.29, 0.717) is 22.3 Å². The maximum atomic E-state index is 10.9. The standard InChI is InChI=1S/2C14H10O2.2ClH.Ti/c2*15-12-7-3-5-10-8-9-4-1-2-6-11(9)14(16)13(10)12;;;/h2*1-8,15-16H;2*1H;/q;;;;+4/p-4. The number of phenols is 2. The molecule has 0 saturated carbocycles. The van der Waals surface area contributed by atoms with Gasteiger partial charge in [-0.05, 0) is 0 Å². The van der Waals surface area contributed by atoms with Gasteiger partial charge in [-0.3, -0.25) is 0 Å². The molecule has 7 heteroatoms. The van der Waals surface area contributed by atoms with Crippen molar-refractivity contribution < 1.29 is 61.6 Å². The predicted octanol–water partition coefficient (Wildman–Crippen LogP) is 1.09. The van der Waals surface area contributed by atoms with Gasteiger partial charge in [0.15, 0.2) is 0 Å². The number of halogens is 2. The van der Waals surface area contributed by atoms with Crippen molar-refractivity contribution in [2.24, 2.45) is 0 Å². The Balaban J connectivity index is 0.00000144. The van der Waals surface area contributed by atoms with Crippen LogP contribution in [-0.4, -0.2) is 10.2 Å². The van der Waals surface area contributed by atoms with Crippen LogP contribution in [-0.2, 0) is 19.9 Å². The monoisotopic (exact) mass is 536 g/mol. The van der Waals surface area contributed by atoms with Crippen molar-refractivity contribution in [1.29, 1.82) is 0 Å². The molecular weight excluding hydrogens is 519 g/mol. The summed E-state index contributed by atoms with van der Waals surface area (Å²) in [4.78, 5) is 0. The van der Waals surface area contributed by atoms with E-state index in [1.54, 1.807) is 0 Å². The third kappa shape index (κ3) is 4.35. The molecule has 0 atom stereocenters. The normalized spacial score (nSPS) is 10.5. The van der Waals surface area contributed by atoms with Crippen LogP contribution in [0.3, 0.4) is 0 Å². The van der Waals surface area contributed by atoms with Gasteiger partial charge in [-0.2, -0.15) is 0 Å². The average molecular weight is 537 g/mol. The van der Waals surface area contributed by atoms with Gasteiger partial charge in [-0.15, -0.1) is 0 Å². The minimum absolute atomic E-state index is 0. The molecule has 6 aromatic rings. The molecule has 2 N–H and O–H groups in total. The first-order chi connectivity index (χ1) is 16.2. The molecule has 0 saturated heterocycles. The third-order valence-corrected chi connectivity index (χ3v) is 6.89. The maximum absolute atomic E-state index is 10.9. The van der Waals surface area contributed by atoms with Crippen molar-refractivity contribution in [1.82, 2.24) is 0 Å². The molecule has 0 aliphatic heterocycles. The summed E-state index contributed by atoms with van der Waals surface area (Å²) in [6.45, 7) is 0. The van der Waals surface area contributed by atoms with Crippen LogP contribution in [0.2, 0.25) is 0 Å². The summed E-state index contributed by atoms with van der Waals surface area (Å²) in [5.74, 6) is 1.59. The largest absolute Gasteiger partial charge is 1.00 e. The van der Waals surface area contributed by atoms with Crippen LogP contribution in [0, 0.1) is 0 Å². The second-order valence-electron chi connectivity index (χ2n) is 7.89. The summed E-state index contributed by atoms with van der Waals surface area (Å²) < 4.78 is 12.2. The van der Waals surface area contributed by atoms with Crippen LogP contribution in [0.1, 0.15) is 0 Å². The van der Waals surface area contributed by atoms with Crippen LogP contribution in [0.4, 0.5) is 0 Å². The van der Waals surface area contributed by atoms with E-state index < -0.39 is 19.9 Å². The fraction of sp³-hybridized carbons (Fsp3) is 0. The number of aromatic hydroxyl groups is 2. The van der Waals surface area contributed by atoms with Crippen LogP contribution in [0.5, 0.6) is 23.0 Å². The van der Waals surface area contributed by atoms with E-state index in [1.165, 1.54) is 0 Å². The van der Waals surface area contributed by atoms with Gasteiger partial charge in [0.2, 0.25) is 0 Å². The Morgan fingerprint density at radius 3 is 1.34 bits per heavy atom. The third-order valence-electron chi connectivity index (χ3n) is 5.95. The summed E-state index contributed by atoms with van der Waals surface area (Å²) in [7, 11) is 0. The minimum Gasteiger partial charge on any atom is -1.00 e.